The molecule has 0 atom stereocenters. The lowest BCUT2D eigenvalue weighted by molar-refractivity contribution is -0.137. The minimum atomic E-state index is -4.78. The highest BCUT2D eigenvalue weighted by Gasteiger charge is 2.35. The lowest BCUT2D eigenvalue weighted by Crippen LogP contribution is -2.26. The molecule has 38 heavy (non-hydrogen) atoms. The smallest absolute Gasteiger partial charge is 0.421 e. The zero-order valence-corrected chi connectivity index (χ0v) is 22.2. The maximum absolute atomic E-state index is 13.9. The highest BCUT2D eigenvalue weighted by atomic mass is 32.2. The van der Waals surface area contributed by atoms with Gasteiger partial charge in [-0.15, -0.1) is 0 Å². The van der Waals surface area contributed by atoms with Crippen LogP contribution in [-0.2, 0) is 29.3 Å². The quantitative estimate of drug-likeness (QED) is 0.354. The van der Waals surface area contributed by atoms with Crippen LogP contribution in [0, 0.1) is 5.82 Å². The summed E-state index contributed by atoms with van der Waals surface area (Å²) < 4.78 is 85.2. The second kappa shape index (κ2) is 11.4. The number of nitrogens with one attached hydrogen (secondary N) is 2. The van der Waals surface area contributed by atoms with Crippen LogP contribution in [0.4, 0.5) is 40.7 Å². The van der Waals surface area contributed by atoms with E-state index in [1.54, 1.807) is 12.1 Å². The molecule has 0 aliphatic heterocycles. The summed E-state index contributed by atoms with van der Waals surface area (Å²) in [5.41, 5.74) is 0.484. The molecule has 1 aromatic heterocycles. The molecule has 0 fully saturated rings. The van der Waals surface area contributed by atoms with Gasteiger partial charge in [-0.2, -0.15) is 18.2 Å². The summed E-state index contributed by atoms with van der Waals surface area (Å²) in [5, 5.41) is 5.47. The standard InChI is InChI=1S/C24H28F4N6O3S/c1-33(2)14-15-6-9-19(21(10-15)37-4)31-23-30-13-18(24(26,27)28)22(32-23)29-12-16-7-8-17(25)11-20(16)34(3)38(5,35)36/h6-11,13H,12,14H2,1-5H3,(H2,29,30,31,32). The molecule has 0 radical (unpaired) electrons. The lowest BCUT2D eigenvalue weighted by Gasteiger charge is -2.21. The number of hydrogen-bond donors (Lipinski definition) is 2. The van der Waals surface area contributed by atoms with Crippen LogP contribution in [0.3, 0.4) is 0 Å². The van der Waals surface area contributed by atoms with Crippen LogP contribution in [0.25, 0.3) is 0 Å². The minimum Gasteiger partial charge on any atom is -0.495 e. The Hall–Kier alpha value is -3.65. The number of ether oxygens (including phenoxy) is 1. The fourth-order valence-electron chi connectivity index (χ4n) is 3.54. The summed E-state index contributed by atoms with van der Waals surface area (Å²) in [6, 6.07) is 8.69. The summed E-state index contributed by atoms with van der Waals surface area (Å²) in [6.07, 6.45) is -3.21. The van der Waals surface area contributed by atoms with Gasteiger partial charge < -0.3 is 20.3 Å². The van der Waals surface area contributed by atoms with Crippen LogP contribution in [0.2, 0.25) is 0 Å². The van der Waals surface area contributed by atoms with E-state index in [0.29, 0.717) is 24.2 Å². The van der Waals surface area contributed by atoms with Crippen molar-refractivity contribution in [3.63, 3.8) is 0 Å². The number of methoxy groups -OCH3 is 1. The Balaban J connectivity index is 1.94. The number of halogens is 4. The first-order valence-corrected chi connectivity index (χ1v) is 13.0. The van der Waals surface area contributed by atoms with Crippen molar-refractivity contribution >= 4 is 33.2 Å². The number of sulfonamides is 1. The van der Waals surface area contributed by atoms with Gasteiger partial charge in [0.1, 0.15) is 22.9 Å². The SMILES string of the molecule is COc1cc(CN(C)C)ccc1Nc1ncc(C(F)(F)F)c(NCc2ccc(F)cc2N(C)S(C)(=O)=O)n1. The fraction of sp³-hybridized carbons (Fsp3) is 0.333. The Morgan fingerprint density at radius 3 is 2.39 bits per heavy atom. The molecule has 0 aliphatic rings. The first kappa shape index (κ1) is 28.9. The van der Waals surface area contributed by atoms with Crippen LogP contribution in [-0.4, -0.2) is 57.8 Å². The molecule has 0 aliphatic carbocycles. The van der Waals surface area contributed by atoms with E-state index in [2.05, 4.69) is 20.6 Å². The predicted octanol–water partition coefficient (Wildman–Crippen LogP) is 4.46. The van der Waals surface area contributed by atoms with Crippen molar-refractivity contribution in [2.75, 3.05) is 49.4 Å². The van der Waals surface area contributed by atoms with Gasteiger partial charge in [0.05, 0.1) is 24.7 Å². The van der Waals surface area contributed by atoms with Crippen LogP contribution >= 0.6 is 0 Å². The fourth-order valence-corrected chi connectivity index (χ4v) is 4.07. The Labute approximate surface area is 218 Å². The average molecular weight is 557 g/mol. The molecule has 0 saturated heterocycles. The van der Waals surface area contributed by atoms with Gasteiger partial charge in [-0.25, -0.2) is 17.8 Å². The molecule has 3 aromatic rings. The Bertz CT molecular complexity index is 1400. The Morgan fingerprint density at radius 1 is 1.08 bits per heavy atom. The van der Waals surface area contributed by atoms with Gasteiger partial charge in [-0.1, -0.05) is 12.1 Å². The second-order valence-corrected chi connectivity index (χ2v) is 10.7. The summed E-state index contributed by atoms with van der Waals surface area (Å²) >= 11 is 0. The minimum absolute atomic E-state index is 0.0245. The van der Waals surface area contributed by atoms with Crippen molar-refractivity contribution < 1.29 is 30.7 Å². The first-order chi connectivity index (χ1) is 17.7. The number of anilines is 4. The Morgan fingerprint density at radius 2 is 1.79 bits per heavy atom. The van der Waals surface area contributed by atoms with Gasteiger partial charge >= 0.3 is 6.18 Å². The van der Waals surface area contributed by atoms with Crippen LogP contribution < -0.4 is 19.7 Å². The third kappa shape index (κ3) is 7.22. The molecule has 3 rings (SSSR count). The monoisotopic (exact) mass is 556 g/mol. The van der Waals surface area contributed by atoms with Gasteiger partial charge in [0.15, 0.2) is 0 Å². The summed E-state index contributed by atoms with van der Waals surface area (Å²) in [5.74, 6) is -0.932. The van der Waals surface area contributed by atoms with E-state index in [1.165, 1.54) is 20.2 Å². The maximum Gasteiger partial charge on any atom is 0.421 e. The predicted molar refractivity (Wildman–Crippen MR) is 138 cm³/mol. The molecule has 1 heterocycles. The van der Waals surface area contributed by atoms with Gasteiger partial charge in [-0.05, 0) is 49.5 Å². The molecule has 0 spiro atoms. The van der Waals surface area contributed by atoms with E-state index in [9.17, 15) is 26.0 Å². The van der Waals surface area contributed by atoms with E-state index >= 15 is 0 Å². The normalized spacial score (nSPS) is 11.9. The highest BCUT2D eigenvalue weighted by Crippen LogP contribution is 2.35. The van der Waals surface area contributed by atoms with E-state index in [-0.39, 0.29) is 23.7 Å². The number of nitrogens with zero attached hydrogens (tertiary/aromatic N) is 4. The highest BCUT2D eigenvalue weighted by molar-refractivity contribution is 7.92. The number of rotatable bonds is 10. The molecule has 2 aromatic carbocycles. The van der Waals surface area contributed by atoms with Crippen molar-refractivity contribution in [2.24, 2.45) is 0 Å². The molecule has 9 nitrogen and oxygen atoms in total. The van der Waals surface area contributed by atoms with E-state index in [0.717, 1.165) is 28.3 Å². The summed E-state index contributed by atoms with van der Waals surface area (Å²) in [7, 11) is 2.76. The molecule has 206 valence electrons. The molecule has 0 unspecified atom stereocenters. The van der Waals surface area contributed by atoms with E-state index in [1.807, 2.05) is 25.1 Å². The van der Waals surface area contributed by atoms with Crippen LogP contribution in [0.15, 0.2) is 42.6 Å². The molecular weight excluding hydrogens is 528 g/mol. The zero-order valence-electron chi connectivity index (χ0n) is 21.4. The molecule has 0 amide bonds. The number of hydrogen-bond acceptors (Lipinski definition) is 8. The Kier molecular flexibility index (Phi) is 8.67. The molecule has 14 heteroatoms. The van der Waals surface area contributed by atoms with E-state index < -0.39 is 33.4 Å². The summed E-state index contributed by atoms with van der Waals surface area (Å²) in [4.78, 5) is 9.79. The van der Waals surface area contributed by atoms with Crippen molar-refractivity contribution in [3.8, 4) is 5.75 Å². The molecule has 0 bridgehead atoms. The average Bonchev–Trinajstić information content (AvgIpc) is 2.82. The van der Waals surface area contributed by atoms with Crippen LogP contribution in [0.1, 0.15) is 16.7 Å². The van der Waals surface area contributed by atoms with Gasteiger partial charge in [0, 0.05) is 26.3 Å². The van der Waals surface area contributed by atoms with Gasteiger partial charge in [0.2, 0.25) is 16.0 Å². The maximum atomic E-state index is 13.9. The molecule has 2 N–H and O–H groups in total. The first-order valence-electron chi connectivity index (χ1n) is 11.2. The van der Waals surface area contributed by atoms with Crippen molar-refractivity contribution in [1.29, 1.82) is 0 Å². The van der Waals surface area contributed by atoms with Gasteiger partial charge in [0.25, 0.3) is 0 Å². The zero-order chi connectivity index (χ0) is 28.3. The third-order valence-corrected chi connectivity index (χ3v) is 6.63. The van der Waals surface area contributed by atoms with E-state index in [4.69, 9.17) is 4.74 Å². The number of benzene rings is 2. The largest absolute Gasteiger partial charge is 0.495 e. The topological polar surface area (TPSA) is 99.7 Å². The second-order valence-electron chi connectivity index (χ2n) is 8.71. The van der Waals surface area contributed by atoms with Crippen molar-refractivity contribution in [1.82, 2.24) is 14.9 Å². The summed E-state index contributed by atoms with van der Waals surface area (Å²) in [6.45, 7) is 0.374. The van der Waals surface area contributed by atoms with Crippen molar-refractivity contribution in [2.45, 2.75) is 19.3 Å². The van der Waals surface area contributed by atoms with Crippen molar-refractivity contribution in [3.05, 3.63) is 65.1 Å². The third-order valence-electron chi connectivity index (χ3n) is 5.44. The van der Waals surface area contributed by atoms with Gasteiger partial charge in [-0.3, -0.25) is 4.31 Å². The lowest BCUT2D eigenvalue weighted by atomic mass is 10.1. The number of alkyl halides is 3. The number of aromatic nitrogens is 2. The van der Waals surface area contributed by atoms with Crippen LogP contribution in [0.5, 0.6) is 5.75 Å². The molecular formula is C24H28F4N6O3S. The molecule has 0 saturated carbocycles.